The number of hydrogen-bond donors (Lipinski definition) is 1. The lowest BCUT2D eigenvalue weighted by atomic mass is 9.74. The van der Waals surface area contributed by atoms with Gasteiger partial charge in [0.1, 0.15) is 12.4 Å². The van der Waals surface area contributed by atoms with Crippen molar-refractivity contribution in [2.75, 3.05) is 0 Å². The van der Waals surface area contributed by atoms with Crippen LogP contribution in [-0.4, -0.2) is 28.2 Å². The second kappa shape index (κ2) is 6.83. The third-order valence-corrected chi connectivity index (χ3v) is 4.12. The summed E-state index contributed by atoms with van der Waals surface area (Å²) in [6.07, 6.45) is 2.04. The summed E-state index contributed by atoms with van der Waals surface area (Å²) in [5.74, 6) is -3.03. The second-order valence-electron chi connectivity index (χ2n) is 5.65. The number of hydrogen-bond acceptors (Lipinski definition) is 5. The molecule has 1 aliphatic rings. The van der Waals surface area contributed by atoms with Gasteiger partial charge >= 0.3 is 5.97 Å². The van der Waals surface area contributed by atoms with Crippen molar-refractivity contribution >= 4 is 17.5 Å². The molecule has 2 rings (SSSR count). The van der Waals surface area contributed by atoms with Crippen LogP contribution in [0.25, 0.3) is 0 Å². The van der Waals surface area contributed by atoms with Crippen LogP contribution in [0.1, 0.15) is 38.2 Å². The molecular weight excluding hydrogens is 284 g/mol. The molecular formula is C17H20O5. The first-order valence-corrected chi connectivity index (χ1v) is 7.43. The third kappa shape index (κ3) is 3.25. The maximum atomic E-state index is 12.3. The van der Waals surface area contributed by atoms with Gasteiger partial charge in [-0.25, -0.2) is 4.79 Å². The van der Waals surface area contributed by atoms with Crippen molar-refractivity contribution in [2.45, 2.75) is 44.8 Å². The van der Waals surface area contributed by atoms with Gasteiger partial charge in [0.15, 0.2) is 5.78 Å². The van der Waals surface area contributed by atoms with Gasteiger partial charge in [0.2, 0.25) is 5.60 Å². The highest BCUT2D eigenvalue weighted by molar-refractivity contribution is 6.10. The normalized spacial score (nSPS) is 21.0. The molecule has 0 bridgehead atoms. The van der Waals surface area contributed by atoms with Gasteiger partial charge in [-0.2, -0.15) is 0 Å². The lowest BCUT2D eigenvalue weighted by Crippen LogP contribution is -2.55. The molecule has 0 aromatic heterocycles. The molecule has 0 aliphatic heterocycles. The van der Waals surface area contributed by atoms with Crippen molar-refractivity contribution in [2.24, 2.45) is 5.92 Å². The summed E-state index contributed by atoms with van der Waals surface area (Å²) in [5.41, 5.74) is -1.62. The Hall–Kier alpha value is -2.01. The highest BCUT2D eigenvalue weighted by atomic mass is 16.6. The zero-order chi connectivity index (χ0) is 16.2. The maximum Gasteiger partial charge on any atom is 0.347 e. The van der Waals surface area contributed by atoms with E-state index in [0.717, 1.165) is 18.9 Å². The summed E-state index contributed by atoms with van der Waals surface area (Å²) < 4.78 is 5.09. The van der Waals surface area contributed by atoms with Crippen LogP contribution in [-0.2, 0) is 25.7 Å². The number of aliphatic hydroxyl groups is 1. The molecule has 0 radical (unpaired) electrons. The molecule has 1 saturated carbocycles. The number of rotatable bonds is 5. The lowest BCUT2D eigenvalue weighted by Gasteiger charge is -2.33. The Bertz CT molecular complexity index is 566. The van der Waals surface area contributed by atoms with E-state index in [9.17, 15) is 19.5 Å². The molecule has 0 spiro atoms. The minimum atomic E-state index is -2.37. The Labute approximate surface area is 129 Å². The Kier molecular flexibility index (Phi) is 5.08. The zero-order valence-electron chi connectivity index (χ0n) is 12.6. The van der Waals surface area contributed by atoms with E-state index in [2.05, 4.69) is 0 Å². The Morgan fingerprint density at radius 3 is 2.55 bits per heavy atom. The minimum absolute atomic E-state index is 0.0455. The summed E-state index contributed by atoms with van der Waals surface area (Å²) in [4.78, 5) is 36.1. The van der Waals surface area contributed by atoms with Crippen molar-refractivity contribution < 1.29 is 24.2 Å². The fourth-order valence-corrected chi connectivity index (χ4v) is 2.79. The average molecular weight is 304 g/mol. The number of benzene rings is 1. The van der Waals surface area contributed by atoms with Gasteiger partial charge in [-0.15, -0.1) is 0 Å². The first kappa shape index (κ1) is 16.4. The molecule has 1 N–H and O–H groups in total. The zero-order valence-corrected chi connectivity index (χ0v) is 12.6. The smallest absolute Gasteiger partial charge is 0.347 e. The monoisotopic (exact) mass is 304 g/mol. The van der Waals surface area contributed by atoms with Crippen LogP contribution < -0.4 is 0 Å². The van der Waals surface area contributed by atoms with Crippen molar-refractivity contribution in [3.8, 4) is 0 Å². The number of ketones is 2. The van der Waals surface area contributed by atoms with E-state index in [1.807, 2.05) is 6.07 Å². The topological polar surface area (TPSA) is 80.7 Å². The molecule has 22 heavy (non-hydrogen) atoms. The predicted octanol–water partition coefficient (Wildman–Crippen LogP) is 1.81. The summed E-state index contributed by atoms with van der Waals surface area (Å²) in [6.45, 7) is 1.07. The van der Waals surface area contributed by atoms with Gasteiger partial charge in [0, 0.05) is 6.42 Å². The van der Waals surface area contributed by atoms with Gasteiger partial charge in [-0.05, 0) is 25.3 Å². The molecule has 1 aromatic carbocycles. The fourth-order valence-electron chi connectivity index (χ4n) is 2.79. The number of carbonyl (C=O) groups is 3. The molecule has 5 nitrogen and oxygen atoms in total. The van der Waals surface area contributed by atoms with E-state index in [1.165, 1.54) is 0 Å². The van der Waals surface area contributed by atoms with Crippen molar-refractivity contribution in [1.29, 1.82) is 0 Å². The molecule has 5 heteroatoms. The van der Waals surface area contributed by atoms with E-state index in [-0.39, 0.29) is 18.8 Å². The van der Waals surface area contributed by atoms with E-state index in [1.54, 1.807) is 24.3 Å². The average Bonchev–Trinajstić information content (AvgIpc) is 2.53. The van der Waals surface area contributed by atoms with E-state index < -0.39 is 23.3 Å². The first-order valence-electron chi connectivity index (χ1n) is 7.43. The summed E-state index contributed by atoms with van der Waals surface area (Å²) in [6, 6.07) is 8.96. The van der Waals surface area contributed by atoms with Gasteiger partial charge in [-0.1, -0.05) is 36.8 Å². The number of carbonyl (C=O) groups excluding carboxylic acids is 3. The van der Waals surface area contributed by atoms with Crippen LogP contribution in [0.4, 0.5) is 0 Å². The van der Waals surface area contributed by atoms with E-state index in [0.29, 0.717) is 12.8 Å². The number of ether oxygens (including phenoxy) is 1. The maximum absolute atomic E-state index is 12.3. The Morgan fingerprint density at radius 1 is 1.27 bits per heavy atom. The molecule has 2 atom stereocenters. The molecule has 1 aromatic rings. The van der Waals surface area contributed by atoms with Crippen LogP contribution in [0, 0.1) is 5.92 Å². The predicted molar refractivity (Wildman–Crippen MR) is 78.8 cm³/mol. The van der Waals surface area contributed by atoms with Crippen LogP contribution in [0.15, 0.2) is 30.3 Å². The molecule has 118 valence electrons. The van der Waals surface area contributed by atoms with Gasteiger partial charge < -0.3 is 9.84 Å². The first-order chi connectivity index (χ1) is 10.5. The largest absolute Gasteiger partial charge is 0.458 e. The van der Waals surface area contributed by atoms with Crippen molar-refractivity contribution in [3.05, 3.63) is 35.9 Å². The Balaban J connectivity index is 2.14. The standard InChI is InChI=1S/C17H20O5/c1-12(18)17(21,14-9-5-6-10-15(14)19)16(20)22-11-13-7-3-2-4-8-13/h2-4,7-8,14,21H,5-6,9-11H2,1H3. The quantitative estimate of drug-likeness (QED) is 0.663. The highest BCUT2D eigenvalue weighted by Gasteiger charge is 2.53. The summed E-state index contributed by atoms with van der Waals surface area (Å²) in [7, 11) is 0. The molecule has 2 unspecified atom stereocenters. The molecule has 0 heterocycles. The second-order valence-corrected chi connectivity index (χ2v) is 5.65. The van der Waals surface area contributed by atoms with Gasteiger partial charge in [0.25, 0.3) is 0 Å². The number of Topliss-reactive ketones (excluding diaryl/α,β-unsaturated/α-hetero) is 2. The minimum Gasteiger partial charge on any atom is -0.458 e. The van der Waals surface area contributed by atoms with Crippen LogP contribution in [0.2, 0.25) is 0 Å². The van der Waals surface area contributed by atoms with Crippen molar-refractivity contribution in [3.63, 3.8) is 0 Å². The molecule has 0 amide bonds. The van der Waals surface area contributed by atoms with Crippen LogP contribution in [0.5, 0.6) is 0 Å². The summed E-state index contributed by atoms with van der Waals surface area (Å²) in [5, 5.41) is 10.6. The third-order valence-electron chi connectivity index (χ3n) is 4.12. The molecule has 1 aliphatic carbocycles. The molecule has 1 fully saturated rings. The van der Waals surface area contributed by atoms with Gasteiger partial charge in [-0.3, -0.25) is 9.59 Å². The SMILES string of the molecule is CC(=O)C(O)(C(=O)OCc1ccccc1)C1CCCCC1=O. The van der Waals surface area contributed by atoms with Crippen LogP contribution >= 0.6 is 0 Å². The number of esters is 1. The fraction of sp³-hybridized carbons (Fsp3) is 0.471. The van der Waals surface area contributed by atoms with Crippen LogP contribution in [0.3, 0.4) is 0 Å². The van der Waals surface area contributed by atoms with Gasteiger partial charge in [0.05, 0.1) is 5.92 Å². The lowest BCUT2D eigenvalue weighted by molar-refractivity contribution is -0.180. The molecule has 0 saturated heterocycles. The highest BCUT2D eigenvalue weighted by Crippen LogP contribution is 2.32. The van der Waals surface area contributed by atoms with E-state index in [4.69, 9.17) is 4.74 Å². The van der Waals surface area contributed by atoms with Crippen molar-refractivity contribution in [1.82, 2.24) is 0 Å². The Morgan fingerprint density at radius 2 is 1.95 bits per heavy atom. The summed E-state index contributed by atoms with van der Waals surface area (Å²) >= 11 is 0. The van der Waals surface area contributed by atoms with E-state index >= 15 is 0 Å².